The molecule has 0 radical (unpaired) electrons. The molecule has 1 N–H and O–H groups in total. The molecule has 0 spiro atoms. The summed E-state index contributed by atoms with van der Waals surface area (Å²) in [7, 11) is 2.46. The number of anilines is 1. The molecule has 0 aromatic carbocycles. The third-order valence-electron chi connectivity index (χ3n) is 3.43. The molecule has 0 fully saturated rings. The van der Waals surface area contributed by atoms with Crippen molar-refractivity contribution in [2.24, 2.45) is 0 Å². The Labute approximate surface area is 154 Å². The van der Waals surface area contributed by atoms with Gasteiger partial charge >= 0.3 is 11.9 Å². The first-order chi connectivity index (χ1) is 12.4. The maximum Gasteiger partial charge on any atom is 0.348 e. The molecule has 2 aromatic heterocycles. The fourth-order valence-electron chi connectivity index (χ4n) is 2.22. The van der Waals surface area contributed by atoms with Crippen LogP contribution in [-0.4, -0.2) is 43.7 Å². The smallest absolute Gasteiger partial charge is 0.348 e. The summed E-state index contributed by atoms with van der Waals surface area (Å²) in [6.07, 6.45) is 1.51. The van der Waals surface area contributed by atoms with E-state index in [1.54, 1.807) is 26.0 Å². The van der Waals surface area contributed by atoms with Crippen LogP contribution in [0.5, 0.6) is 5.88 Å². The molecule has 0 atom stereocenters. The quantitative estimate of drug-likeness (QED) is 0.771. The van der Waals surface area contributed by atoms with Crippen LogP contribution in [0.4, 0.5) is 5.00 Å². The first-order valence-electron chi connectivity index (χ1n) is 7.63. The fourth-order valence-corrected chi connectivity index (χ4v) is 3.33. The molecule has 0 saturated carbocycles. The third kappa shape index (κ3) is 3.83. The minimum absolute atomic E-state index is 0.105. The Morgan fingerprint density at radius 1 is 1.19 bits per heavy atom. The number of esters is 2. The van der Waals surface area contributed by atoms with Crippen molar-refractivity contribution in [3.8, 4) is 5.88 Å². The predicted molar refractivity (Wildman–Crippen MR) is 95.1 cm³/mol. The van der Waals surface area contributed by atoms with Crippen LogP contribution in [0.15, 0.2) is 18.3 Å². The van der Waals surface area contributed by atoms with E-state index in [1.807, 2.05) is 0 Å². The van der Waals surface area contributed by atoms with E-state index in [4.69, 9.17) is 14.2 Å². The second-order valence-electron chi connectivity index (χ2n) is 4.99. The Morgan fingerprint density at radius 3 is 2.50 bits per heavy atom. The van der Waals surface area contributed by atoms with Gasteiger partial charge in [-0.2, -0.15) is 0 Å². The van der Waals surface area contributed by atoms with Gasteiger partial charge in [0.05, 0.1) is 26.4 Å². The maximum atomic E-state index is 12.6. The zero-order valence-corrected chi connectivity index (χ0v) is 15.6. The van der Waals surface area contributed by atoms with Crippen LogP contribution in [0, 0.1) is 6.92 Å². The summed E-state index contributed by atoms with van der Waals surface area (Å²) in [5.74, 6) is -1.62. The number of thiophene rings is 1. The molecule has 26 heavy (non-hydrogen) atoms. The summed E-state index contributed by atoms with van der Waals surface area (Å²) in [4.78, 5) is 40.9. The number of aromatic nitrogens is 1. The van der Waals surface area contributed by atoms with Gasteiger partial charge < -0.3 is 19.5 Å². The lowest BCUT2D eigenvalue weighted by molar-refractivity contribution is 0.0601. The van der Waals surface area contributed by atoms with Gasteiger partial charge in [-0.3, -0.25) is 4.79 Å². The van der Waals surface area contributed by atoms with Gasteiger partial charge in [-0.25, -0.2) is 14.6 Å². The van der Waals surface area contributed by atoms with Crippen LogP contribution in [0.2, 0.25) is 0 Å². The van der Waals surface area contributed by atoms with Crippen molar-refractivity contribution in [2.75, 3.05) is 26.1 Å². The van der Waals surface area contributed by atoms with Crippen LogP contribution in [0.25, 0.3) is 0 Å². The van der Waals surface area contributed by atoms with Crippen molar-refractivity contribution in [2.45, 2.75) is 13.8 Å². The third-order valence-corrected chi connectivity index (χ3v) is 4.62. The zero-order chi connectivity index (χ0) is 19.3. The zero-order valence-electron chi connectivity index (χ0n) is 14.7. The fraction of sp³-hybridized carbons (Fsp3) is 0.294. The highest BCUT2D eigenvalue weighted by Crippen LogP contribution is 2.34. The topological polar surface area (TPSA) is 104 Å². The number of nitrogens with zero attached hydrogens (tertiary/aromatic N) is 1. The van der Waals surface area contributed by atoms with Crippen molar-refractivity contribution in [3.05, 3.63) is 39.9 Å². The van der Waals surface area contributed by atoms with Gasteiger partial charge in [-0.05, 0) is 31.5 Å². The van der Waals surface area contributed by atoms with E-state index in [0.717, 1.165) is 11.3 Å². The van der Waals surface area contributed by atoms with Crippen LogP contribution < -0.4 is 10.1 Å². The first-order valence-corrected chi connectivity index (χ1v) is 8.45. The lowest BCUT2D eigenvalue weighted by Gasteiger charge is -2.09. The molecule has 2 rings (SSSR count). The van der Waals surface area contributed by atoms with Crippen LogP contribution >= 0.6 is 11.3 Å². The van der Waals surface area contributed by atoms with Crippen LogP contribution in [-0.2, 0) is 9.47 Å². The number of hydrogen-bond acceptors (Lipinski definition) is 8. The summed E-state index contributed by atoms with van der Waals surface area (Å²) in [6.45, 7) is 3.70. The highest BCUT2D eigenvalue weighted by Gasteiger charge is 2.27. The Bertz CT molecular complexity index is 846. The van der Waals surface area contributed by atoms with Gasteiger partial charge in [-0.15, -0.1) is 11.3 Å². The van der Waals surface area contributed by atoms with Crippen molar-refractivity contribution in [3.63, 3.8) is 0 Å². The second kappa shape index (κ2) is 8.43. The number of pyridine rings is 1. The Hall–Kier alpha value is -2.94. The average Bonchev–Trinajstić information content (AvgIpc) is 2.97. The monoisotopic (exact) mass is 378 g/mol. The van der Waals surface area contributed by atoms with Gasteiger partial charge in [0.15, 0.2) is 0 Å². The van der Waals surface area contributed by atoms with E-state index in [9.17, 15) is 14.4 Å². The SMILES string of the molecule is CCOc1ncccc1C(=O)Nc1sc(C(=O)OC)c(C)c1C(=O)OC. The minimum atomic E-state index is -0.666. The standard InChI is InChI=1S/C17H18N2O6S/c1-5-25-14-10(7-6-8-18-14)13(20)19-15-11(16(21)23-3)9(2)12(26-15)17(22)24-4/h6-8H,5H2,1-4H3,(H,19,20). The van der Waals surface area contributed by atoms with Crippen LogP contribution in [0.3, 0.4) is 0 Å². The number of hydrogen-bond donors (Lipinski definition) is 1. The van der Waals surface area contributed by atoms with Gasteiger partial charge in [0.1, 0.15) is 15.4 Å². The van der Waals surface area contributed by atoms with Gasteiger partial charge in [0.2, 0.25) is 5.88 Å². The molecular formula is C17H18N2O6S. The first kappa shape index (κ1) is 19.4. The van der Waals surface area contributed by atoms with E-state index in [1.165, 1.54) is 20.4 Å². The van der Waals surface area contributed by atoms with E-state index in [2.05, 4.69) is 10.3 Å². The number of rotatable bonds is 6. The number of carbonyl (C=O) groups is 3. The Kier molecular flexibility index (Phi) is 6.29. The molecule has 0 unspecified atom stereocenters. The Balaban J connectivity index is 2.44. The molecule has 138 valence electrons. The van der Waals surface area contributed by atoms with Crippen LogP contribution in [0.1, 0.15) is 42.9 Å². The normalized spacial score (nSPS) is 10.2. The summed E-state index contributed by atoms with van der Waals surface area (Å²) >= 11 is 0.936. The van der Waals surface area contributed by atoms with E-state index in [0.29, 0.717) is 12.2 Å². The molecule has 0 aliphatic carbocycles. The number of amides is 1. The number of ether oxygens (including phenoxy) is 3. The predicted octanol–water partition coefficient (Wildman–Crippen LogP) is 2.68. The Morgan fingerprint density at radius 2 is 1.88 bits per heavy atom. The lowest BCUT2D eigenvalue weighted by atomic mass is 10.1. The minimum Gasteiger partial charge on any atom is -0.477 e. The molecular weight excluding hydrogens is 360 g/mol. The van der Waals surface area contributed by atoms with E-state index >= 15 is 0 Å². The molecule has 1 amide bonds. The molecule has 2 aromatic rings. The molecule has 0 aliphatic heterocycles. The van der Waals surface area contributed by atoms with E-state index in [-0.39, 0.29) is 26.9 Å². The number of nitrogens with one attached hydrogen (secondary N) is 1. The summed E-state index contributed by atoms with van der Waals surface area (Å²) < 4.78 is 14.8. The van der Waals surface area contributed by atoms with Crippen molar-refractivity contribution >= 4 is 34.2 Å². The molecule has 2 heterocycles. The van der Waals surface area contributed by atoms with Crippen molar-refractivity contribution in [1.29, 1.82) is 0 Å². The van der Waals surface area contributed by atoms with E-state index < -0.39 is 17.8 Å². The van der Waals surface area contributed by atoms with Crippen molar-refractivity contribution < 1.29 is 28.6 Å². The highest BCUT2D eigenvalue weighted by atomic mass is 32.1. The largest absolute Gasteiger partial charge is 0.477 e. The van der Waals surface area contributed by atoms with Gasteiger partial charge in [0, 0.05) is 6.20 Å². The average molecular weight is 378 g/mol. The van der Waals surface area contributed by atoms with Gasteiger partial charge in [-0.1, -0.05) is 0 Å². The molecule has 8 nitrogen and oxygen atoms in total. The number of methoxy groups -OCH3 is 2. The molecule has 0 bridgehead atoms. The molecule has 0 aliphatic rings. The number of carbonyl (C=O) groups excluding carboxylic acids is 3. The maximum absolute atomic E-state index is 12.6. The highest BCUT2D eigenvalue weighted by molar-refractivity contribution is 7.18. The molecule has 0 saturated heterocycles. The lowest BCUT2D eigenvalue weighted by Crippen LogP contribution is -2.16. The molecule has 9 heteroatoms. The summed E-state index contributed by atoms with van der Waals surface area (Å²) in [6, 6.07) is 3.14. The summed E-state index contributed by atoms with van der Waals surface area (Å²) in [5.41, 5.74) is 0.684. The van der Waals surface area contributed by atoms with Crippen molar-refractivity contribution in [1.82, 2.24) is 4.98 Å². The summed E-state index contributed by atoms with van der Waals surface area (Å²) in [5, 5.41) is 2.82. The second-order valence-corrected chi connectivity index (χ2v) is 6.01. The van der Waals surface area contributed by atoms with Gasteiger partial charge in [0.25, 0.3) is 5.91 Å².